The van der Waals surface area contributed by atoms with E-state index in [1.54, 1.807) is 0 Å². The van der Waals surface area contributed by atoms with Gasteiger partial charge in [-0.2, -0.15) is 0 Å². The fourth-order valence-electron chi connectivity index (χ4n) is 1.36. The molecule has 0 saturated carbocycles. The lowest BCUT2D eigenvalue weighted by atomic mass is 10.1. The normalized spacial score (nSPS) is 11.1. The van der Waals surface area contributed by atoms with Crippen molar-refractivity contribution in [2.75, 3.05) is 7.11 Å². The molecule has 0 aromatic heterocycles. The highest BCUT2D eigenvalue weighted by molar-refractivity contribution is 8.13. The third-order valence-corrected chi connectivity index (χ3v) is 3.62. The lowest BCUT2D eigenvalue weighted by Crippen LogP contribution is -2.08. The topological polar surface area (TPSA) is 104 Å². The average molecular weight is 294 g/mol. The summed E-state index contributed by atoms with van der Waals surface area (Å²) in [6.07, 6.45) is 0. The highest BCUT2D eigenvalue weighted by Gasteiger charge is 2.26. The van der Waals surface area contributed by atoms with Gasteiger partial charge in [0.05, 0.1) is 16.9 Å². The number of nitro groups is 1. The van der Waals surface area contributed by atoms with Crippen LogP contribution in [0, 0.1) is 17.0 Å². The maximum atomic E-state index is 11.3. The van der Waals surface area contributed by atoms with Gasteiger partial charge < -0.3 is 4.74 Å². The highest BCUT2D eigenvalue weighted by Crippen LogP contribution is 2.28. The minimum Gasteiger partial charge on any atom is -0.465 e. The third kappa shape index (κ3) is 2.77. The van der Waals surface area contributed by atoms with Crippen LogP contribution < -0.4 is 0 Å². The summed E-state index contributed by atoms with van der Waals surface area (Å²) in [6.45, 7) is 1.37. The largest absolute Gasteiger partial charge is 0.465 e. The molecule has 0 saturated heterocycles. The molecule has 0 aliphatic rings. The van der Waals surface area contributed by atoms with Gasteiger partial charge in [0.1, 0.15) is 5.56 Å². The van der Waals surface area contributed by atoms with Crippen LogP contribution in [0.3, 0.4) is 0 Å². The second-order valence-corrected chi connectivity index (χ2v) is 5.86. The van der Waals surface area contributed by atoms with Gasteiger partial charge in [0.15, 0.2) is 0 Å². The maximum Gasteiger partial charge on any atom is 0.344 e. The zero-order chi connectivity index (χ0) is 14.1. The first-order chi connectivity index (χ1) is 8.18. The van der Waals surface area contributed by atoms with Crippen molar-refractivity contribution in [1.82, 2.24) is 0 Å². The minimum absolute atomic E-state index is 0.121. The molecule has 1 rings (SSSR count). The second kappa shape index (κ2) is 4.91. The number of ether oxygens (including phenoxy) is 1. The molecule has 0 radical (unpaired) electrons. The first-order valence-electron chi connectivity index (χ1n) is 4.50. The molecule has 0 atom stereocenters. The van der Waals surface area contributed by atoms with Crippen LogP contribution in [0.1, 0.15) is 15.9 Å². The summed E-state index contributed by atoms with van der Waals surface area (Å²) in [6, 6.07) is 1.79. The van der Waals surface area contributed by atoms with Gasteiger partial charge in [-0.25, -0.2) is 13.2 Å². The van der Waals surface area contributed by atoms with Crippen LogP contribution in [-0.4, -0.2) is 26.4 Å². The van der Waals surface area contributed by atoms with Crippen LogP contribution in [0.4, 0.5) is 5.69 Å². The Labute approximate surface area is 107 Å². The zero-order valence-corrected chi connectivity index (χ0v) is 10.9. The number of aryl methyl sites for hydroxylation is 1. The van der Waals surface area contributed by atoms with E-state index in [4.69, 9.17) is 10.7 Å². The molecular formula is C9H8ClNO6S. The smallest absolute Gasteiger partial charge is 0.344 e. The maximum absolute atomic E-state index is 11.3. The van der Waals surface area contributed by atoms with E-state index in [0.29, 0.717) is 0 Å². The number of esters is 1. The van der Waals surface area contributed by atoms with Crippen molar-refractivity contribution in [1.29, 1.82) is 0 Å². The molecular weight excluding hydrogens is 286 g/mol. The molecule has 0 unspecified atom stereocenters. The second-order valence-electron chi connectivity index (χ2n) is 3.32. The number of halogens is 1. The zero-order valence-electron chi connectivity index (χ0n) is 9.34. The molecule has 0 aliphatic carbocycles. The van der Waals surface area contributed by atoms with Crippen molar-refractivity contribution < 1.29 is 22.9 Å². The Balaban J connectivity index is 3.65. The van der Waals surface area contributed by atoms with Crippen molar-refractivity contribution in [3.05, 3.63) is 33.4 Å². The summed E-state index contributed by atoms with van der Waals surface area (Å²) in [5.41, 5.74) is -0.883. The van der Waals surface area contributed by atoms with E-state index >= 15 is 0 Å². The number of carbonyl (C=O) groups excluding carboxylic acids is 1. The van der Waals surface area contributed by atoms with E-state index in [1.165, 1.54) is 6.92 Å². The van der Waals surface area contributed by atoms with E-state index in [0.717, 1.165) is 19.2 Å². The van der Waals surface area contributed by atoms with Gasteiger partial charge in [-0.1, -0.05) is 0 Å². The molecule has 0 amide bonds. The van der Waals surface area contributed by atoms with Gasteiger partial charge in [0, 0.05) is 16.7 Å². The van der Waals surface area contributed by atoms with E-state index in [1.807, 2.05) is 0 Å². The molecule has 0 N–H and O–H groups in total. The van der Waals surface area contributed by atoms with Gasteiger partial charge in [-0.05, 0) is 18.6 Å². The number of hydrogen-bond acceptors (Lipinski definition) is 6. The van der Waals surface area contributed by atoms with Crippen LogP contribution in [-0.2, 0) is 13.8 Å². The Hall–Kier alpha value is -1.67. The number of benzene rings is 1. The van der Waals surface area contributed by atoms with Gasteiger partial charge in [0.25, 0.3) is 14.7 Å². The molecule has 0 heterocycles. The van der Waals surface area contributed by atoms with Crippen LogP contribution >= 0.6 is 10.7 Å². The number of rotatable bonds is 3. The molecule has 7 nitrogen and oxygen atoms in total. The minimum atomic E-state index is -4.12. The van der Waals surface area contributed by atoms with Crippen molar-refractivity contribution in [3.8, 4) is 0 Å². The van der Waals surface area contributed by atoms with Gasteiger partial charge in [-0.15, -0.1) is 0 Å². The molecule has 9 heteroatoms. The first-order valence-corrected chi connectivity index (χ1v) is 6.81. The molecule has 98 valence electrons. The third-order valence-electron chi connectivity index (χ3n) is 2.16. The predicted octanol–water partition coefficient (Wildman–Crippen LogP) is 1.62. The number of hydrogen-bond donors (Lipinski definition) is 0. The van der Waals surface area contributed by atoms with Crippen LogP contribution in [0.2, 0.25) is 0 Å². The number of carbonyl (C=O) groups is 1. The number of nitro benzene ring substituents is 1. The first kappa shape index (κ1) is 14.4. The fourth-order valence-corrected chi connectivity index (χ4v) is 2.56. The predicted molar refractivity (Wildman–Crippen MR) is 62.2 cm³/mol. The van der Waals surface area contributed by atoms with Gasteiger partial charge in [-0.3, -0.25) is 10.1 Å². The van der Waals surface area contributed by atoms with Crippen LogP contribution in [0.25, 0.3) is 0 Å². The molecule has 18 heavy (non-hydrogen) atoms. The van der Waals surface area contributed by atoms with E-state index in [2.05, 4.69) is 4.74 Å². The standard InChI is InChI=1S/C9H8ClNO6S/c1-5-3-6(9(12)17-2)7(11(13)14)4-8(5)18(10,15)16/h3-4H,1-2H3. The molecule has 0 aliphatic heterocycles. The summed E-state index contributed by atoms with van der Waals surface area (Å²) in [7, 11) is 2.08. The van der Waals surface area contributed by atoms with Crippen molar-refractivity contribution in [2.24, 2.45) is 0 Å². The molecule has 1 aromatic carbocycles. The lowest BCUT2D eigenvalue weighted by molar-refractivity contribution is -0.385. The molecule has 0 bridgehead atoms. The summed E-state index contributed by atoms with van der Waals surface area (Å²) in [5, 5.41) is 10.8. The van der Waals surface area contributed by atoms with E-state index < -0.39 is 30.5 Å². The SMILES string of the molecule is COC(=O)c1cc(C)c(S(=O)(=O)Cl)cc1[N+](=O)[O-]. The molecule has 0 fully saturated rings. The Morgan fingerprint density at radius 1 is 1.44 bits per heavy atom. The fraction of sp³-hybridized carbons (Fsp3) is 0.222. The Kier molecular flexibility index (Phi) is 3.92. The summed E-state index contributed by atoms with van der Waals surface area (Å²) in [5.74, 6) is -0.927. The average Bonchev–Trinajstić information content (AvgIpc) is 2.25. The van der Waals surface area contributed by atoms with Crippen LogP contribution in [0.15, 0.2) is 17.0 Å². The summed E-state index contributed by atoms with van der Waals surface area (Å²) < 4.78 is 26.8. The van der Waals surface area contributed by atoms with Crippen molar-refractivity contribution in [3.63, 3.8) is 0 Å². The summed E-state index contributed by atoms with van der Waals surface area (Å²) in [4.78, 5) is 20.8. The highest BCUT2D eigenvalue weighted by atomic mass is 35.7. The Bertz CT molecular complexity index is 624. The lowest BCUT2D eigenvalue weighted by Gasteiger charge is -2.06. The van der Waals surface area contributed by atoms with E-state index in [9.17, 15) is 23.3 Å². The quantitative estimate of drug-likeness (QED) is 0.363. The van der Waals surface area contributed by atoms with Crippen LogP contribution in [0.5, 0.6) is 0 Å². The van der Waals surface area contributed by atoms with E-state index in [-0.39, 0.29) is 11.1 Å². The van der Waals surface area contributed by atoms with Gasteiger partial charge in [0.2, 0.25) is 0 Å². The summed E-state index contributed by atoms with van der Waals surface area (Å²) >= 11 is 0. The number of methoxy groups -OCH3 is 1. The van der Waals surface area contributed by atoms with Crippen molar-refractivity contribution >= 4 is 31.4 Å². The Morgan fingerprint density at radius 3 is 2.39 bits per heavy atom. The molecule has 0 spiro atoms. The van der Waals surface area contributed by atoms with Gasteiger partial charge >= 0.3 is 5.97 Å². The monoisotopic (exact) mass is 293 g/mol. The van der Waals surface area contributed by atoms with Crippen molar-refractivity contribution in [2.45, 2.75) is 11.8 Å². The molecule has 1 aromatic rings. The Morgan fingerprint density at radius 2 is 2.00 bits per heavy atom. The number of nitrogens with zero attached hydrogens (tertiary/aromatic N) is 1.